The van der Waals surface area contributed by atoms with Crippen LogP contribution in [-0.4, -0.2) is 13.0 Å². The van der Waals surface area contributed by atoms with Crippen molar-refractivity contribution in [3.8, 4) is 5.75 Å². The topological polar surface area (TPSA) is 38.3 Å². The Bertz CT molecular complexity index is 636. The molecule has 2 rings (SSSR count). The minimum Gasteiger partial charge on any atom is -0.497 e. The fourth-order valence-corrected chi connectivity index (χ4v) is 3.08. The van der Waals surface area contributed by atoms with Crippen LogP contribution in [0.3, 0.4) is 0 Å². The van der Waals surface area contributed by atoms with E-state index in [-0.39, 0.29) is 5.91 Å². The molecule has 0 aliphatic carbocycles. The maximum Gasteiger partial charge on any atom is 0.255 e. The molecule has 0 fully saturated rings. The Morgan fingerprint density at radius 2 is 1.75 bits per heavy atom. The van der Waals surface area contributed by atoms with Crippen LogP contribution < -0.4 is 10.1 Å². The van der Waals surface area contributed by atoms with Gasteiger partial charge in [0.05, 0.1) is 7.11 Å². The Morgan fingerprint density at radius 1 is 1.10 bits per heavy atom. The van der Waals surface area contributed by atoms with E-state index >= 15 is 0 Å². The van der Waals surface area contributed by atoms with Gasteiger partial charge >= 0.3 is 0 Å². The highest BCUT2D eigenvalue weighted by Crippen LogP contribution is 2.24. The molecule has 0 saturated carbocycles. The van der Waals surface area contributed by atoms with Crippen LogP contribution in [0.25, 0.3) is 0 Å². The molecule has 1 amide bonds. The van der Waals surface area contributed by atoms with Gasteiger partial charge in [-0.3, -0.25) is 4.79 Å². The summed E-state index contributed by atoms with van der Waals surface area (Å²) < 4.78 is 6.85. The third kappa shape index (κ3) is 3.61. The molecule has 5 heteroatoms. The van der Waals surface area contributed by atoms with Crippen LogP contribution in [-0.2, 0) is 0 Å². The minimum atomic E-state index is -0.153. The van der Waals surface area contributed by atoms with E-state index < -0.39 is 0 Å². The van der Waals surface area contributed by atoms with Crippen molar-refractivity contribution >= 4 is 43.5 Å². The number of hydrogen-bond donors (Lipinski definition) is 1. The Morgan fingerprint density at radius 3 is 2.30 bits per heavy atom. The molecular weight excluding hydrogens is 386 g/mol. The molecule has 0 heterocycles. The lowest BCUT2D eigenvalue weighted by atomic mass is 10.1. The standard InChI is InChI=1S/C15H13Br2NO2/c1-9-5-13(20-2)3-4-14(9)18-15(19)10-6-11(16)8-12(17)7-10/h3-8H,1-2H3,(H,18,19). The van der Waals surface area contributed by atoms with Crippen LogP contribution in [0.4, 0.5) is 5.69 Å². The number of anilines is 1. The molecule has 0 saturated heterocycles. The van der Waals surface area contributed by atoms with E-state index in [2.05, 4.69) is 37.2 Å². The number of aryl methyl sites for hydroxylation is 1. The molecule has 0 atom stereocenters. The monoisotopic (exact) mass is 397 g/mol. The van der Waals surface area contributed by atoms with Gasteiger partial charge in [0.15, 0.2) is 0 Å². The number of ether oxygens (including phenoxy) is 1. The van der Waals surface area contributed by atoms with E-state index in [0.29, 0.717) is 5.56 Å². The molecule has 0 bridgehead atoms. The molecule has 0 aliphatic heterocycles. The summed E-state index contributed by atoms with van der Waals surface area (Å²) in [5.41, 5.74) is 2.31. The highest BCUT2D eigenvalue weighted by atomic mass is 79.9. The molecule has 0 unspecified atom stereocenters. The fourth-order valence-electron chi connectivity index (χ4n) is 1.78. The van der Waals surface area contributed by atoms with E-state index in [1.807, 2.05) is 31.2 Å². The van der Waals surface area contributed by atoms with Crippen molar-refractivity contribution in [3.05, 3.63) is 56.5 Å². The summed E-state index contributed by atoms with van der Waals surface area (Å²) >= 11 is 6.75. The Hall–Kier alpha value is -1.33. The van der Waals surface area contributed by atoms with Gasteiger partial charge in [0.1, 0.15) is 5.75 Å². The lowest BCUT2D eigenvalue weighted by Gasteiger charge is -2.10. The summed E-state index contributed by atoms with van der Waals surface area (Å²) in [5.74, 6) is 0.617. The first kappa shape index (κ1) is 15.1. The van der Waals surface area contributed by atoms with Crippen molar-refractivity contribution in [2.24, 2.45) is 0 Å². The number of amides is 1. The summed E-state index contributed by atoms with van der Waals surface area (Å²) in [4.78, 5) is 12.2. The van der Waals surface area contributed by atoms with Gasteiger partial charge in [-0.2, -0.15) is 0 Å². The van der Waals surface area contributed by atoms with Gasteiger partial charge in [-0.05, 0) is 48.9 Å². The van der Waals surface area contributed by atoms with Crippen molar-refractivity contribution in [1.29, 1.82) is 0 Å². The third-order valence-corrected chi connectivity index (χ3v) is 3.72. The second-order valence-corrected chi connectivity index (χ2v) is 6.12. The highest BCUT2D eigenvalue weighted by Gasteiger charge is 2.10. The second-order valence-electron chi connectivity index (χ2n) is 4.29. The van der Waals surface area contributed by atoms with Crippen molar-refractivity contribution in [3.63, 3.8) is 0 Å². The van der Waals surface area contributed by atoms with Gasteiger partial charge in [0.25, 0.3) is 5.91 Å². The van der Waals surface area contributed by atoms with Crippen molar-refractivity contribution in [1.82, 2.24) is 0 Å². The lowest BCUT2D eigenvalue weighted by molar-refractivity contribution is 0.102. The molecule has 2 aromatic rings. The predicted octanol–water partition coefficient (Wildman–Crippen LogP) is 4.78. The zero-order valence-electron chi connectivity index (χ0n) is 11.0. The van der Waals surface area contributed by atoms with Gasteiger partial charge in [0, 0.05) is 20.2 Å². The van der Waals surface area contributed by atoms with Crippen LogP contribution in [0.5, 0.6) is 5.75 Å². The maximum absolute atomic E-state index is 12.2. The molecule has 2 aromatic carbocycles. The van der Waals surface area contributed by atoms with Gasteiger partial charge in [0.2, 0.25) is 0 Å². The predicted molar refractivity (Wildman–Crippen MR) is 87.5 cm³/mol. The average Bonchev–Trinajstić information content (AvgIpc) is 2.39. The van der Waals surface area contributed by atoms with Gasteiger partial charge < -0.3 is 10.1 Å². The smallest absolute Gasteiger partial charge is 0.255 e. The molecule has 20 heavy (non-hydrogen) atoms. The van der Waals surface area contributed by atoms with E-state index in [9.17, 15) is 4.79 Å². The molecular formula is C15H13Br2NO2. The third-order valence-electron chi connectivity index (χ3n) is 2.81. The first-order chi connectivity index (χ1) is 9.49. The zero-order valence-corrected chi connectivity index (χ0v) is 14.2. The number of hydrogen-bond acceptors (Lipinski definition) is 2. The zero-order chi connectivity index (χ0) is 14.7. The quantitative estimate of drug-likeness (QED) is 0.807. The number of carbonyl (C=O) groups excluding carboxylic acids is 1. The number of halogens is 2. The van der Waals surface area contributed by atoms with Gasteiger partial charge in [-0.15, -0.1) is 0 Å². The van der Waals surface area contributed by atoms with Crippen LogP contribution in [0.2, 0.25) is 0 Å². The number of methoxy groups -OCH3 is 1. The average molecular weight is 399 g/mol. The van der Waals surface area contributed by atoms with Gasteiger partial charge in [-0.25, -0.2) is 0 Å². The first-order valence-electron chi connectivity index (χ1n) is 5.91. The van der Waals surface area contributed by atoms with Crippen molar-refractivity contribution in [2.45, 2.75) is 6.92 Å². The van der Waals surface area contributed by atoms with Crippen LogP contribution in [0.1, 0.15) is 15.9 Å². The SMILES string of the molecule is COc1ccc(NC(=O)c2cc(Br)cc(Br)c2)c(C)c1. The molecule has 0 aliphatic rings. The normalized spacial score (nSPS) is 10.2. The molecule has 0 aromatic heterocycles. The molecule has 0 spiro atoms. The van der Waals surface area contributed by atoms with Crippen molar-refractivity contribution in [2.75, 3.05) is 12.4 Å². The Labute approximate surface area is 134 Å². The van der Waals surface area contributed by atoms with E-state index in [1.54, 1.807) is 19.2 Å². The largest absolute Gasteiger partial charge is 0.497 e. The molecule has 0 radical (unpaired) electrons. The Balaban J connectivity index is 2.23. The van der Waals surface area contributed by atoms with Crippen LogP contribution in [0.15, 0.2) is 45.3 Å². The second kappa shape index (κ2) is 6.41. The number of nitrogens with one attached hydrogen (secondary N) is 1. The summed E-state index contributed by atoms with van der Waals surface area (Å²) in [7, 11) is 1.62. The minimum absolute atomic E-state index is 0.153. The highest BCUT2D eigenvalue weighted by molar-refractivity contribution is 9.11. The van der Waals surface area contributed by atoms with E-state index in [4.69, 9.17) is 4.74 Å². The summed E-state index contributed by atoms with van der Waals surface area (Å²) in [5, 5.41) is 2.90. The maximum atomic E-state index is 12.2. The summed E-state index contributed by atoms with van der Waals surface area (Å²) in [6.45, 7) is 1.93. The summed E-state index contributed by atoms with van der Waals surface area (Å²) in [6.07, 6.45) is 0. The Kier molecular flexibility index (Phi) is 4.83. The number of carbonyl (C=O) groups is 1. The van der Waals surface area contributed by atoms with Gasteiger partial charge in [-0.1, -0.05) is 31.9 Å². The molecule has 1 N–H and O–H groups in total. The van der Waals surface area contributed by atoms with Crippen LogP contribution >= 0.6 is 31.9 Å². The van der Waals surface area contributed by atoms with E-state index in [0.717, 1.165) is 25.9 Å². The van der Waals surface area contributed by atoms with Crippen LogP contribution in [0, 0.1) is 6.92 Å². The number of benzene rings is 2. The fraction of sp³-hybridized carbons (Fsp3) is 0.133. The first-order valence-corrected chi connectivity index (χ1v) is 7.50. The molecule has 3 nitrogen and oxygen atoms in total. The lowest BCUT2D eigenvalue weighted by Crippen LogP contribution is -2.12. The van der Waals surface area contributed by atoms with Crippen molar-refractivity contribution < 1.29 is 9.53 Å². The number of rotatable bonds is 3. The van der Waals surface area contributed by atoms with E-state index in [1.165, 1.54) is 0 Å². The molecule has 104 valence electrons. The summed E-state index contributed by atoms with van der Waals surface area (Å²) in [6, 6.07) is 11.0.